The van der Waals surface area contributed by atoms with Crippen LogP contribution in [0.15, 0.2) is 24.6 Å². The van der Waals surface area contributed by atoms with E-state index in [0.29, 0.717) is 5.70 Å². The Bertz CT molecular complexity index is 565. The Morgan fingerprint density at radius 1 is 1.38 bits per heavy atom. The summed E-state index contributed by atoms with van der Waals surface area (Å²) in [6.07, 6.45) is 4.28. The quantitative estimate of drug-likeness (QED) is 0.718. The molecule has 0 spiro atoms. The summed E-state index contributed by atoms with van der Waals surface area (Å²) in [6.45, 7) is 8.48. The molecule has 1 aliphatic heterocycles. The normalized spacial score (nSPS) is 22.9. The zero-order chi connectivity index (χ0) is 17.9. The minimum atomic E-state index is -3.04. The van der Waals surface area contributed by atoms with Gasteiger partial charge in [0.15, 0.2) is 6.04 Å². The van der Waals surface area contributed by atoms with E-state index in [0.717, 1.165) is 32.1 Å². The first-order chi connectivity index (χ1) is 11.3. The van der Waals surface area contributed by atoms with Crippen molar-refractivity contribution < 1.29 is 18.3 Å². The Kier molecular flexibility index (Phi) is 5.47. The topological polar surface area (TPSA) is 56.6 Å². The number of carbonyl (C=O) groups is 1. The molecule has 0 aromatic rings. The van der Waals surface area contributed by atoms with Crippen molar-refractivity contribution in [1.82, 2.24) is 9.80 Å². The molecule has 1 saturated heterocycles. The lowest BCUT2D eigenvalue weighted by molar-refractivity contribution is -0.148. The number of ether oxygens (including phenoxy) is 1. The smallest absolute Gasteiger partial charge is 0.415 e. The van der Waals surface area contributed by atoms with E-state index in [4.69, 9.17) is 10.00 Å². The summed E-state index contributed by atoms with van der Waals surface area (Å²) >= 11 is 0. The van der Waals surface area contributed by atoms with Gasteiger partial charge in [0.2, 0.25) is 0 Å². The SMILES string of the molecule is C=C(C)OC(=O)N(CC(=C)N1CC(F)(F)C1C#N)C1CCCCC1. The van der Waals surface area contributed by atoms with Gasteiger partial charge in [0.1, 0.15) is 0 Å². The lowest BCUT2D eigenvalue weighted by Crippen LogP contribution is -2.64. The second-order valence-corrected chi connectivity index (χ2v) is 6.48. The Labute approximate surface area is 141 Å². The van der Waals surface area contributed by atoms with E-state index in [1.165, 1.54) is 9.80 Å². The Morgan fingerprint density at radius 2 is 2.00 bits per heavy atom. The average Bonchev–Trinajstić information content (AvgIpc) is 2.50. The van der Waals surface area contributed by atoms with Crippen LogP contribution in [0, 0.1) is 11.3 Å². The highest BCUT2D eigenvalue weighted by Gasteiger charge is 2.56. The maximum absolute atomic E-state index is 13.4. The van der Waals surface area contributed by atoms with Crippen molar-refractivity contribution in [2.24, 2.45) is 0 Å². The lowest BCUT2D eigenvalue weighted by atomic mass is 9.94. The first kappa shape index (κ1) is 18.2. The highest BCUT2D eigenvalue weighted by Crippen LogP contribution is 2.37. The molecule has 1 amide bonds. The fourth-order valence-electron chi connectivity index (χ4n) is 3.21. The van der Waals surface area contributed by atoms with Crippen LogP contribution in [-0.4, -0.2) is 47.0 Å². The van der Waals surface area contributed by atoms with E-state index >= 15 is 0 Å². The number of carbonyl (C=O) groups excluding carboxylic acids is 1. The molecule has 2 aliphatic rings. The number of nitriles is 1. The first-order valence-corrected chi connectivity index (χ1v) is 8.12. The molecule has 2 fully saturated rings. The molecule has 5 nitrogen and oxygen atoms in total. The van der Waals surface area contributed by atoms with Gasteiger partial charge in [-0.15, -0.1) is 0 Å². The van der Waals surface area contributed by atoms with Crippen molar-refractivity contribution in [2.75, 3.05) is 13.1 Å². The number of amides is 1. The Hall–Kier alpha value is -2.10. The zero-order valence-electron chi connectivity index (χ0n) is 13.9. The van der Waals surface area contributed by atoms with Gasteiger partial charge in [-0.3, -0.25) is 4.90 Å². The first-order valence-electron chi connectivity index (χ1n) is 8.12. The second-order valence-electron chi connectivity index (χ2n) is 6.48. The van der Waals surface area contributed by atoms with Gasteiger partial charge >= 0.3 is 6.09 Å². The van der Waals surface area contributed by atoms with Crippen LogP contribution in [0.4, 0.5) is 13.6 Å². The predicted molar refractivity (Wildman–Crippen MR) is 85.1 cm³/mol. The van der Waals surface area contributed by atoms with E-state index in [2.05, 4.69) is 13.2 Å². The number of hydrogen-bond donors (Lipinski definition) is 0. The molecule has 7 heteroatoms. The van der Waals surface area contributed by atoms with Crippen LogP contribution in [-0.2, 0) is 4.74 Å². The van der Waals surface area contributed by atoms with Gasteiger partial charge < -0.3 is 9.64 Å². The third kappa shape index (κ3) is 3.86. The zero-order valence-corrected chi connectivity index (χ0v) is 13.9. The summed E-state index contributed by atoms with van der Waals surface area (Å²) < 4.78 is 31.9. The van der Waals surface area contributed by atoms with Gasteiger partial charge in [0.25, 0.3) is 5.92 Å². The Balaban J connectivity index is 2.07. The van der Waals surface area contributed by atoms with Crippen LogP contribution in [0.1, 0.15) is 39.0 Å². The number of likely N-dealkylation sites (tertiary alicyclic amines) is 1. The maximum atomic E-state index is 13.4. The van der Waals surface area contributed by atoms with Crippen LogP contribution in [0.5, 0.6) is 0 Å². The van der Waals surface area contributed by atoms with Crippen molar-refractivity contribution in [3.05, 3.63) is 24.6 Å². The van der Waals surface area contributed by atoms with E-state index in [1.807, 2.05) is 0 Å². The molecule has 24 heavy (non-hydrogen) atoms. The third-order valence-electron chi connectivity index (χ3n) is 4.49. The van der Waals surface area contributed by atoms with E-state index in [9.17, 15) is 13.6 Å². The lowest BCUT2D eigenvalue weighted by Gasteiger charge is -2.47. The molecule has 1 saturated carbocycles. The number of halogens is 2. The number of nitrogens with zero attached hydrogens (tertiary/aromatic N) is 3. The van der Waals surface area contributed by atoms with E-state index < -0.39 is 24.6 Å². The van der Waals surface area contributed by atoms with Gasteiger partial charge in [-0.25, -0.2) is 13.6 Å². The molecule has 0 bridgehead atoms. The van der Waals surface area contributed by atoms with Gasteiger partial charge in [-0.2, -0.15) is 5.26 Å². The molecule has 132 valence electrons. The molecule has 0 aromatic carbocycles. The number of allylic oxidation sites excluding steroid dienone is 1. The summed E-state index contributed by atoms with van der Waals surface area (Å²) in [5.74, 6) is -2.76. The van der Waals surface area contributed by atoms with Crippen LogP contribution in [0.3, 0.4) is 0 Å². The molecule has 1 heterocycles. The standard InChI is InChI=1S/C17H23F2N3O2/c1-12(2)24-16(23)21(14-7-5-4-6-8-14)10-13(3)22-11-17(18,19)15(22)9-20/h14-15H,1,3-8,10-11H2,2H3. The molecule has 0 N–H and O–H groups in total. The molecule has 1 unspecified atom stereocenters. The van der Waals surface area contributed by atoms with Gasteiger partial charge in [0, 0.05) is 11.7 Å². The summed E-state index contributed by atoms with van der Waals surface area (Å²) in [5.41, 5.74) is 0.330. The number of alkyl halides is 2. The average molecular weight is 339 g/mol. The second kappa shape index (κ2) is 7.20. The fourth-order valence-corrected chi connectivity index (χ4v) is 3.21. The predicted octanol–water partition coefficient (Wildman–Crippen LogP) is 3.65. The summed E-state index contributed by atoms with van der Waals surface area (Å²) in [4.78, 5) is 15.1. The summed E-state index contributed by atoms with van der Waals surface area (Å²) in [7, 11) is 0. The molecular weight excluding hydrogens is 316 g/mol. The highest BCUT2D eigenvalue weighted by molar-refractivity contribution is 5.69. The largest absolute Gasteiger partial charge is 0.416 e. The highest BCUT2D eigenvalue weighted by atomic mass is 19.3. The van der Waals surface area contributed by atoms with Crippen LogP contribution in [0.2, 0.25) is 0 Å². The fraction of sp³-hybridized carbons (Fsp3) is 0.647. The van der Waals surface area contributed by atoms with Crippen LogP contribution >= 0.6 is 0 Å². The number of hydrogen-bond acceptors (Lipinski definition) is 4. The molecular formula is C17H23F2N3O2. The van der Waals surface area contributed by atoms with E-state index in [1.54, 1.807) is 13.0 Å². The van der Waals surface area contributed by atoms with Crippen LogP contribution < -0.4 is 0 Å². The van der Waals surface area contributed by atoms with E-state index in [-0.39, 0.29) is 18.3 Å². The van der Waals surface area contributed by atoms with Crippen molar-refractivity contribution in [3.8, 4) is 6.07 Å². The van der Waals surface area contributed by atoms with Crippen molar-refractivity contribution >= 4 is 6.09 Å². The summed E-state index contributed by atoms with van der Waals surface area (Å²) in [6, 6.07) is 0.0755. The Morgan fingerprint density at radius 3 is 2.50 bits per heavy atom. The molecule has 1 aliphatic carbocycles. The molecule has 0 radical (unpaired) electrons. The van der Waals surface area contributed by atoms with Crippen molar-refractivity contribution in [3.63, 3.8) is 0 Å². The molecule has 2 rings (SSSR count). The van der Waals surface area contributed by atoms with Crippen LogP contribution in [0.25, 0.3) is 0 Å². The van der Waals surface area contributed by atoms with Crippen molar-refractivity contribution in [1.29, 1.82) is 5.26 Å². The van der Waals surface area contributed by atoms with Gasteiger partial charge in [0.05, 0.1) is 24.9 Å². The molecule has 0 aromatic heterocycles. The van der Waals surface area contributed by atoms with Gasteiger partial charge in [-0.1, -0.05) is 32.4 Å². The minimum Gasteiger partial charge on any atom is -0.416 e. The van der Waals surface area contributed by atoms with Crippen molar-refractivity contribution in [2.45, 2.75) is 57.0 Å². The maximum Gasteiger partial charge on any atom is 0.415 e. The summed E-state index contributed by atoms with van der Waals surface area (Å²) in [5, 5.41) is 8.92. The third-order valence-corrected chi connectivity index (χ3v) is 4.49. The molecule has 1 atom stereocenters. The minimum absolute atomic E-state index is 0.00956. The monoisotopic (exact) mass is 339 g/mol. The van der Waals surface area contributed by atoms with Gasteiger partial charge in [-0.05, 0) is 19.8 Å². The number of rotatable bonds is 5.